The summed E-state index contributed by atoms with van der Waals surface area (Å²) in [5.74, 6) is 5.31. The van der Waals surface area contributed by atoms with Gasteiger partial charge < -0.3 is 10.6 Å². The van der Waals surface area contributed by atoms with Gasteiger partial charge in [-0.15, -0.1) is 0 Å². The average molecular weight is 325 g/mol. The first-order valence-electron chi connectivity index (χ1n) is 8.07. The molecule has 3 N–H and O–H groups in total. The van der Waals surface area contributed by atoms with Crippen LogP contribution in [0.3, 0.4) is 0 Å². The van der Waals surface area contributed by atoms with Gasteiger partial charge in [-0.2, -0.15) is 0 Å². The molecule has 3 rings (SSSR count). The van der Waals surface area contributed by atoms with Gasteiger partial charge in [-0.05, 0) is 37.1 Å². The quantitative estimate of drug-likeness (QED) is 0.482. The zero-order chi connectivity index (χ0) is 17.1. The highest BCUT2D eigenvalue weighted by atomic mass is 16.2. The number of piperidine rings is 1. The summed E-state index contributed by atoms with van der Waals surface area (Å²) in [6.45, 7) is 0.950. The van der Waals surface area contributed by atoms with E-state index in [-0.39, 0.29) is 18.2 Å². The Morgan fingerprint density at radius 1 is 1.29 bits per heavy atom. The van der Waals surface area contributed by atoms with Crippen LogP contribution in [0.25, 0.3) is 0 Å². The minimum atomic E-state index is -0.597. The average Bonchev–Trinajstić information content (AvgIpc) is 2.89. The monoisotopic (exact) mass is 325 g/mol. The number of carbonyl (C=O) groups excluding carboxylic acids is 3. The van der Waals surface area contributed by atoms with Crippen molar-refractivity contribution in [3.05, 3.63) is 34.9 Å². The molecule has 1 atom stereocenters. The number of benzene rings is 1. The molecule has 2 aliphatic rings. The van der Waals surface area contributed by atoms with Gasteiger partial charge in [0.05, 0.1) is 0 Å². The van der Waals surface area contributed by atoms with Gasteiger partial charge in [0.25, 0.3) is 5.91 Å². The second-order valence-corrected chi connectivity index (χ2v) is 5.93. The van der Waals surface area contributed by atoms with Crippen LogP contribution in [0.1, 0.15) is 47.2 Å². The van der Waals surface area contributed by atoms with E-state index in [1.54, 1.807) is 12.1 Å². The van der Waals surface area contributed by atoms with Gasteiger partial charge in [0, 0.05) is 30.5 Å². The number of carbonyl (C=O) groups is 3. The molecule has 0 saturated carbocycles. The van der Waals surface area contributed by atoms with Gasteiger partial charge >= 0.3 is 0 Å². The summed E-state index contributed by atoms with van der Waals surface area (Å²) in [5, 5.41) is 2.30. The summed E-state index contributed by atoms with van der Waals surface area (Å²) >= 11 is 0. The number of amides is 3. The number of nitrogens with zero attached hydrogens (tertiary/aromatic N) is 1. The lowest BCUT2D eigenvalue weighted by atomic mass is 10.0. The Morgan fingerprint density at radius 2 is 2.12 bits per heavy atom. The third kappa shape index (κ3) is 3.03. The fraction of sp³-hybridized carbons (Fsp3) is 0.389. The molecule has 1 unspecified atom stereocenters. The number of nitrogens with two attached hydrogens (primary N) is 1. The van der Waals surface area contributed by atoms with Crippen LogP contribution in [0.5, 0.6) is 0 Å². The molecule has 24 heavy (non-hydrogen) atoms. The predicted molar refractivity (Wildman–Crippen MR) is 87.7 cm³/mol. The summed E-state index contributed by atoms with van der Waals surface area (Å²) in [6, 6.07) is 4.85. The van der Waals surface area contributed by atoms with E-state index in [1.807, 2.05) is 6.07 Å². The van der Waals surface area contributed by atoms with Gasteiger partial charge in [0.1, 0.15) is 6.04 Å². The number of nitrogens with one attached hydrogen (secondary N) is 1. The summed E-state index contributed by atoms with van der Waals surface area (Å²) < 4.78 is 0. The minimum Gasteiger partial charge on any atom is -0.330 e. The van der Waals surface area contributed by atoms with Crippen LogP contribution in [-0.4, -0.2) is 35.2 Å². The lowest BCUT2D eigenvalue weighted by molar-refractivity contribution is -0.136. The molecule has 1 aromatic rings. The normalized spacial score (nSPS) is 19.6. The lowest BCUT2D eigenvalue weighted by Gasteiger charge is -2.29. The topological polar surface area (TPSA) is 92.5 Å². The van der Waals surface area contributed by atoms with Crippen molar-refractivity contribution < 1.29 is 14.4 Å². The Balaban J connectivity index is 1.83. The number of hydrogen-bond donors (Lipinski definition) is 2. The van der Waals surface area contributed by atoms with Crippen molar-refractivity contribution in [1.29, 1.82) is 0 Å². The number of fused-ring (bicyclic) bond motifs is 1. The van der Waals surface area contributed by atoms with Crippen LogP contribution < -0.4 is 11.1 Å². The second kappa shape index (κ2) is 6.85. The third-order valence-corrected chi connectivity index (χ3v) is 4.31. The minimum absolute atomic E-state index is 0.176. The van der Waals surface area contributed by atoms with Gasteiger partial charge in [0.2, 0.25) is 11.8 Å². The Labute approximate surface area is 140 Å². The smallest absolute Gasteiger partial charge is 0.255 e. The molecule has 1 fully saturated rings. The van der Waals surface area contributed by atoms with Crippen LogP contribution in [0.4, 0.5) is 0 Å². The fourth-order valence-corrected chi connectivity index (χ4v) is 3.05. The molecule has 124 valence electrons. The molecule has 0 aliphatic carbocycles. The Bertz CT molecular complexity index is 761. The van der Waals surface area contributed by atoms with Crippen LogP contribution in [0, 0.1) is 11.8 Å². The molecular formula is C18H19N3O3. The molecule has 3 amide bonds. The summed E-state index contributed by atoms with van der Waals surface area (Å²) in [7, 11) is 0. The fourth-order valence-electron chi connectivity index (χ4n) is 3.05. The molecule has 6 nitrogen and oxygen atoms in total. The largest absolute Gasteiger partial charge is 0.330 e. The van der Waals surface area contributed by atoms with Crippen molar-refractivity contribution >= 4 is 17.7 Å². The molecule has 0 radical (unpaired) electrons. The Morgan fingerprint density at radius 3 is 2.88 bits per heavy atom. The van der Waals surface area contributed by atoms with Crippen molar-refractivity contribution in [2.24, 2.45) is 5.73 Å². The third-order valence-electron chi connectivity index (χ3n) is 4.31. The van der Waals surface area contributed by atoms with E-state index in [9.17, 15) is 14.4 Å². The van der Waals surface area contributed by atoms with E-state index in [0.29, 0.717) is 31.5 Å². The number of imide groups is 1. The first kappa shape index (κ1) is 16.2. The highest BCUT2D eigenvalue weighted by molar-refractivity contribution is 6.05. The van der Waals surface area contributed by atoms with Crippen LogP contribution in [0.15, 0.2) is 18.2 Å². The molecule has 1 aromatic carbocycles. The van der Waals surface area contributed by atoms with E-state index in [2.05, 4.69) is 17.2 Å². The Hall–Kier alpha value is -2.65. The van der Waals surface area contributed by atoms with Crippen LogP contribution in [-0.2, 0) is 16.1 Å². The summed E-state index contributed by atoms with van der Waals surface area (Å²) in [5.41, 5.74) is 7.71. The zero-order valence-electron chi connectivity index (χ0n) is 13.3. The van der Waals surface area contributed by atoms with E-state index >= 15 is 0 Å². The van der Waals surface area contributed by atoms with Gasteiger partial charge in [-0.25, -0.2) is 0 Å². The summed E-state index contributed by atoms with van der Waals surface area (Å²) in [4.78, 5) is 37.5. The first-order valence-corrected chi connectivity index (χ1v) is 8.07. The highest BCUT2D eigenvalue weighted by Gasteiger charge is 2.39. The molecule has 2 aliphatic heterocycles. The highest BCUT2D eigenvalue weighted by Crippen LogP contribution is 2.29. The molecule has 0 aromatic heterocycles. The number of hydrogen-bond acceptors (Lipinski definition) is 4. The first-order chi connectivity index (χ1) is 11.6. The van der Waals surface area contributed by atoms with E-state index in [1.165, 1.54) is 4.90 Å². The summed E-state index contributed by atoms with van der Waals surface area (Å²) in [6.07, 6.45) is 2.17. The van der Waals surface area contributed by atoms with Crippen molar-refractivity contribution in [3.8, 4) is 11.8 Å². The van der Waals surface area contributed by atoms with E-state index in [0.717, 1.165) is 17.5 Å². The van der Waals surface area contributed by atoms with Gasteiger partial charge in [-0.3, -0.25) is 19.7 Å². The van der Waals surface area contributed by atoms with E-state index in [4.69, 9.17) is 5.73 Å². The van der Waals surface area contributed by atoms with Crippen molar-refractivity contribution in [2.75, 3.05) is 6.54 Å². The standard InChI is InChI=1S/C18H19N3O3/c19-10-3-1-2-5-12-6-4-7-13-14(12)11-21(18(13)24)15-8-9-16(22)20-17(15)23/h4,6-7,15H,1,3,8-11,19H2,(H,20,22,23). The SMILES string of the molecule is NCCCC#Cc1cccc2c1CN(C1CCC(=O)NC1=O)C2=O. The van der Waals surface area contributed by atoms with Gasteiger partial charge in [-0.1, -0.05) is 17.9 Å². The Kier molecular flexibility index (Phi) is 4.63. The van der Waals surface area contributed by atoms with Gasteiger partial charge in [0.15, 0.2) is 0 Å². The second-order valence-electron chi connectivity index (χ2n) is 5.93. The predicted octanol–water partition coefficient (Wildman–Crippen LogP) is 0.538. The van der Waals surface area contributed by atoms with Crippen LogP contribution >= 0.6 is 0 Å². The molecule has 2 heterocycles. The van der Waals surface area contributed by atoms with Crippen molar-refractivity contribution in [1.82, 2.24) is 10.2 Å². The van der Waals surface area contributed by atoms with Crippen molar-refractivity contribution in [2.45, 2.75) is 38.3 Å². The maximum Gasteiger partial charge on any atom is 0.255 e. The lowest BCUT2D eigenvalue weighted by Crippen LogP contribution is -2.52. The molecule has 6 heteroatoms. The zero-order valence-corrected chi connectivity index (χ0v) is 13.3. The molecule has 1 saturated heterocycles. The molecule has 0 bridgehead atoms. The maximum atomic E-state index is 12.6. The molecule has 0 spiro atoms. The number of unbranched alkanes of at least 4 members (excludes halogenated alkanes) is 1. The maximum absolute atomic E-state index is 12.6. The number of rotatable bonds is 3. The van der Waals surface area contributed by atoms with Crippen LogP contribution in [0.2, 0.25) is 0 Å². The molecular weight excluding hydrogens is 306 g/mol. The van der Waals surface area contributed by atoms with Crippen molar-refractivity contribution in [3.63, 3.8) is 0 Å². The van der Waals surface area contributed by atoms with E-state index < -0.39 is 11.9 Å².